The second-order valence-corrected chi connectivity index (χ2v) is 7.98. The van der Waals surface area contributed by atoms with Crippen molar-refractivity contribution in [2.24, 2.45) is 0 Å². The zero-order valence-corrected chi connectivity index (χ0v) is 17.6. The molecule has 1 aromatic heterocycles. The van der Waals surface area contributed by atoms with Crippen molar-refractivity contribution in [1.82, 2.24) is 9.88 Å². The number of rotatable bonds is 5. The fourth-order valence-corrected chi connectivity index (χ4v) is 3.78. The van der Waals surface area contributed by atoms with Crippen molar-refractivity contribution in [3.05, 3.63) is 65.9 Å². The predicted molar refractivity (Wildman–Crippen MR) is 120 cm³/mol. The van der Waals surface area contributed by atoms with Crippen molar-refractivity contribution in [3.63, 3.8) is 0 Å². The number of fused-ring (bicyclic) bond motifs is 1. The van der Waals surface area contributed by atoms with Gasteiger partial charge >= 0.3 is 6.03 Å². The van der Waals surface area contributed by atoms with Crippen LogP contribution in [0.15, 0.2) is 54.6 Å². The van der Waals surface area contributed by atoms with E-state index < -0.39 is 0 Å². The van der Waals surface area contributed by atoms with E-state index in [2.05, 4.69) is 36.3 Å². The van der Waals surface area contributed by atoms with Gasteiger partial charge in [0.15, 0.2) is 0 Å². The van der Waals surface area contributed by atoms with Gasteiger partial charge in [0, 0.05) is 29.9 Å². The van der Waals surface area contributed by atoms with Gasteiger partial charge in [-0.15, -0.1) is 0 Å². The number of nitrogens with one attached hydrogen (secondary N) is 1. The lowest BCUT2D eigenvalue weighted by Gasteiger charge is -2.19. The summed E-state index contributed by atoms with van der Waals surface area (Å²) in [5.74, 6) is 0.234. The van der Waals surface area contributed by atoms with Crippen LogP contribution in [-0.4, -0.2) is 41.5 Å². The van der Waals surface area contributed by atoms with Crippen molar-refractivity contribution in [2.45, 2.75) is 26.7 Å². The van der Waals surface area contributed by atoms with Gasteiger partial charge in [0.05, 0.1) is 11.2 Å². The summed E-state index contributed by atoms with van der Waals surface area (Å²) in [7, 11) is 0. The number of pyridine rings is 1. The summed E-state index contributed by atoms with van der Waals surface area (Å²) in [4.78, 5) is 33.3. The Bertz CT molecular complexity index is 1090. The number of hydrogen-bond donors (Lipinski definition) is 1. The third kappa shape index (κ3) is 3.99. The summed E-state index contributed by atoms with van der Waals surface area (Å²) in [5, 5.41) is 3.84. The second-order valence-electron chi connectivity index (χ2n) is 7.98. The van der Waals surface area contributed by atoms with Crippen molar-refractivity contribution >= 4 is 34.2 Å². The summed E-state index contributed by atoms with van der Waals surface area (Å²) in [6.07, 6.45) is 0. The summed E-state index contributed by atoms with van der Waals surface area (Å²) in [6, 6.07) is 17.5. The Hall–Kier alpha value is -3.41. The summed E-state index contributed by atoms with van der Waals surface area (Å²) in [5.41, 5.74) is 4.48. The van der Waals surface area contributed by atoms with Crippen molar-refractivity contribution in [1.29, 1.82) is 0 Å². The van der Waals surface area contributed by atoms with E-state index in [1.54, 1.807) is 9.80 Å². The van der Waals surface area contributed by atoms with E-state index >= 15 is 0 Å². The highest BCUT2D eigenvalue weighted by molar-refractivity contribution is 6.03. The monoisotopic (exact) mass is 402 g/mol. The number of urea groups is 1. The van der Waals surface area contributed by atoms with E-state index in [9.17, 15) is 9.59 Å². The zero-order valence-electron chi connectivity index (χ0n) is 17.6. The molecule has 0 atom stereocenters. The number of carbonyl (C=O) groups excluding carboxylic acids is 2. The lowest BCUT2D eigenvalue weighted by atomic mass is 10.0. The summed E-state index contributed by atoms with van der Waals surface area (Å²) in [6.45, 7) is 7.30. The van der Waals surface area contributed by atoms with E-state index in [1.165, 1.54) is 5.56 Å². The molecule has 0 radical (unpaired) electrons. The summed E-state index contributed by atoms with van der Waals surface area (Å²) < 4.78 is 0. The maximum atomic E-state index is 12.8. The van der Waals surface area contributed by atoms with Gasteiger partial charge in [-0.05, 0) is 42.7 Å². The first-order valence-corrected chi connectivity index (χ1v) is 10.2. The Morgan fingerprint density at radius 2 is 1.83 bits per heavy atom. The van der Waals surface area contributed by atoms with E-state index in [0.717, 1.165) is 28.0 Å². The number of benzene rings is 2. The molecule has 6 heteroatoms. The highest BCUT2D eigenvalue weighted by Crippen LogP contribution is 2.25. The first-order valence-electron chi connectivity index (χ1n) is 10.2. The molecule has 3 amide bonds. The molecular formula is C24H26N4O2. The Balaban J connectivity index is 1.44. The van der Waals surface area contributed by atoms with Crippen LogP contribution in [-0.2, 0) is 4.79 Å². The molecule has 2 aromatic carbocycles. The molecule has 0 spiro atoms. The van der Waals surface area contributed by atoms with Gasteiger partial charge in [-0.1, -0.05) is 44.2 Å². The minimum atomic E-state index is -0.212. The maximum absolute atomic E-state index is 12.8. The van der Waals surface area contributed by atoms with Gasteiger partial charge in [0.2, 0.25) is 5.91 Å². The Morgan fingerprint density at radius 3 is 2.57 bits per heavy atom. The molecule has 30 heavy (non-hydrogen) atoms. The van der Waals surface area contributed by atoms with E-state index in [4.69, 9.17) is 0 Å². The minimum absolute atomic E-state index is 0.0229. The van der Waals surface area contributed by atoms with Crippen LogP contribution in [0.2, 0.25) is 0 Å². The van der Waals surface area contributed by atoms with E-state index in [1.807, 2.05) is 49.4 Å². The molecule has 1 aliphatic heterocycles. The molecule has 154 valence electrons. The van der Waals surface area contributed by atoms with Crippen molar-refractivity contribution < 1.29 is 9.59 Å². The number of aryl methyl sites for hydroxylation is 1. The van der Waals surface area contributed by atoms with Crippen molar-refractivity contribution in [3.8, 4) is 0 Å². The molecule has 0 saturated carbocycles. The molecule has 2 heterocycles. The average molecular weight is 402 g/mol. The van der Waals surface area contributed by atoms with Crippen LogP contribution in [0.25, 0.3) is 10.9 Å². The molecule has 1 N–H and O–H groups in total. The first kappa shape index (κ1) is 19.9. The molecule has 3 aromatic rings. The highest BCUT2D eigenvalue weighted by atomic mass is 16.2. The molecule has 0 aliphatic carbocycles. The lowest BCUT2D eigenvalue weighted by molar-refractivity contribution is -0.116. The molecule has 0 bridgehead atoms. The quantitative estimate of drug-likeness (QED) is 0.681. The van der Waals surface area contributed by atoms with Crippen LogP contribution in [0.5, 0.6) is 0 Å². The topological polar surface area (TPSA) is 65.5 Å². The van der Waals surface area contributed by atoms with E-state index in [-0.39, 0.29) is 18.5 Å². The number of para-hydroxylation sites is 1. The summed E-state index contributed by atoms with van der Waals surface area (Å²) >= 11 is 0. The van der Waals surface area contributed by atoms with E-state index in [0.29, 0.717) is 19.0 Å². The maximum Gasteiger partial charge on any atom is 0.325 e. The molecular weight excluding hydrogens is 376 g/mol. The average Bonchev–Trinajstić information content (AvgIpc) is 3.08. The standard InChI is InChI=1S/C24H26N4O2/c1-16(2)18-8-10-19(11-9-18)28-13-12-27(24(28)30)15-23(29)26-22-14-17(3)25-21-7-5-4-6-20(21)22/h4-11,14,16H,12-13,15H2,1-3H3,(H,25,26,29). The van der Waals surface area contributed by atoms with Crippen LogP contribution >= 0.6 is 0 Å². The molecule has 4 rings (SSSR count). The SMILES string of the molecule is Cc1cc(NC(=O)CN2CCN(c3ccc(C(C)C)cc3)C2=O)c2ccccc2n1. The lowest BCUT2D eigenvalue weighted by Crippen LogP contribution is -2.37. The highest BCUT2D eigenvalue weighted by Gasteiger charge is 2.31. The van der Waals surface area contributed by atoms with Crippen LogP contribution < -0.4 is 10.2 Å². The third-order valence-corrected chi connectivity index (χ3v) is 5.42. The number of hydrogen-bond acceptors (Lipinski definition) is 3. The first-order chi connectivity index (χ1) is 14.4. The Kier molecular flexibility index (Phi) is 5.40. The van der Waals surface area contributed by atoms with Crippen LogP contribution in [0.3, 0.4) is 0 Å². The van der Waals surface area contributed by atoms with Gasteiger partial charge in [-0.25, -0.2) is 4.79 Å². The van der Waals surface area contributed by atoms with Gasteiger partial charge in [-0.3, -0.25) is 14.7 Å². The molecule has 1 aliphatic rings. The van der Waals surface area contributed by atoms with Crippen LogP contribution in [0, 0.1) is 6.92 Å². The van der Waals surface area contributed by atoms with Gasteiger partial charge in [-0.2, -0.15) is 0 Å². The Labute approximate surface area is 176 Å². The van der Waals surface area contributed by atoms with Gasteiger partial charge in [0.1, 0.15) is 6.54 Å². The molecule has 1 saturated heterocycles. The van der Waals surface area contributed by atoms with Gasteiger partial charge in [0.25, 0.3) is 0 Å². The molecule has 6 nitrogen and oxygen atoms in total. The number of carbonyl (C=O) groups is 2. The van der Waals surface area contributed by atoms with Gasteiger partial charge < -0.3 is 10.2 Å². The fourth-order valence-electron chi connectivity index (χ4n) is 3.78. The molecule has 1 fully saturated rings. The number of aromatic nitrogens is 1. The smallest absolute Gasteiger partial charge is 0.324 e. The Morgan fingerprint density at radius 1 is 1.10 bits per heavy atom. The largest absolute Gasteiger partial charge is 0.325 e. The predicted octanol–water partition coefficient (Wildman–Crippen LogP) is 4.55. The molecule has 0 unspecified atom stereocenters. The number of anilines is 2. The van der Waals surface area contributed by atoms with Crippen LogP contribution in [0.4, 0.5) is 16.2 Å². The third-order valence-electron chi connectivity index (χ3n) is 5.42. The number of amides is 3. The zero-order chi connectivity index (χ0) is 21.3. The second kappa shape index (κ2) is 8.14. The normalized spacial score (nSPS) is 14.1. The fraction of sp³-hybridized carbons (Fsp3) is 0.292. The van der Waals surface area contributed by atoms with Crippen molar-refractivity contribution in [2.75, 3.05) is 29.9 Å². The number of nitrogens with zero attached hydrogens (tertiary/aromatic N) is 3. The minimum Gasteiger partial charge on any atom is -0.324 e. The van der Waals surface area contributed by atoms with Crippen LogP contribution in [0.1, 0.15) is 31.0 Å².